The van der Waals surface area contributed by atoms with E-state index in [0.717, 1.165) is 23.4 Å². The minimum Gasteiger partial charge on any atom is -0.490 e. The molecule has 4 heteroatoms. The summed E-state index contributed by atoms with van der Waals surface area (Å²) in [7, 11) is 0. The number of rotatable bonds is 1. The van der Waals surface area contributed by atoms with E-state index in [9.17, 15) is 0 Å². The van der Waals surface area contributed by atoms with Crippen LogP contribution in [0.1, 0.15) is 12.5 Å². The molecule has 1 aliphatic heterocycles. The van der Waals surface area contributed by atoms with Crippen molar-refractivity contribution in [3.63, 3.8) is 0 Å². The van der Waals surface area contributed by atoms with E-state index in [0.29, 0.717) is 5.88 Å². The SMILES string of the molecule is CC1Cc2cc(-c3cc(N)on3)ccc2O1. The molecule has 2 heterocycles. The highest BCUT2D eigenvalue weighted by Crippen LogP contribution is 2.32. The van der Waals surface area contributed by atoms with Gasteiger partial charge in [-0.25, -0.2) is 0 Å². The van der Waals surface area contributed by atoms with Gasteiger partial charge in [-0.2, -0.15) is 0 Å². The van der Waals surface area contributed by atoms with Gasteiger partial charge in [-0.15, -0.1) is 0 Å². The number of nitrogens with two attached hydrogens (primary N) is 1. The second kappa shape index (κ2) is 3.27. The number of hydrogen-bond acceptors (Lipinski definition) is 4. The average Bonchev–Trinajstić information content (AvgIpc) is 2.81. The highest BCUT2D eigenvalue weighted by atomic mass is 16.5. The van der Waals surface area contributed by atoms with Gasteiger partial charge in [0.1, 0.15) is 17.5 Å². The summed E-state index contributed by atoms with van der Waals surface area (Å²) in [6, 6.07) is 7.74. The summed E-state index contributed by atoms with van der Waals surface area (Å²) in [4.78, 5) is 0. The van der Waals surface area contributed by atoms with Crippen LogP contribution in [0.25, 0.3) is 11.3 Å². The fourth-order valence-corrected chi connectivity index (χ4v) is 2.01. The molecule has 3 rings (SSSR count). The third-order valence-electron chi connectivity index (χ3n) is 2.72. The molecular formula is C12H12N2O2. The monoisotopic (exact) mass is 216 g/mol. The fraction of sp³-hybridized carbons (Fsp3) is 0.250. The predicted molar refractivity (Wildman–Crippen MR) is 60.1 cm³/mol. The van der Waals surface area contributed by atoms with E-state index in [1.165, 1.54) is 5.56 Å². The van der Waals surface area contributed by atoms with Crippen molar-refractivity contribution in [2.24, 2.45) is 0 Å². The van der Waals surface area contributed by atoms with E-state index in [1.807, 2.05) is 12.1 Å². The molecule has 0 spiro atoms. The number of fused-ring (bicyclic) bond motifs is 1. The highest BCUT2D eigenvalue weighted by molar-refractivity contribution is 5.64. The summed E-state index contributed by atoms with van der Waals surface area (Å²) in [5.41, 5.74) is 8.49. The lowest BCUT2D eigenvalue weighted by atomic mass is 10.1. The van der Waals surface area contributed by atoms with Crippen molar-refractivity contribution < 1.29 is 9.26 Å². The van der Waals surface area contributed by atoms with Crippen molar-refractivity contribution in [1.29, 1.82) is 0 Å². The molecule has 82 valence electrons. The molecule has 0 aliphatic carbocycles. The van der Waals surface area contributed by atoms with Gasteiger partial charge in [0.2, 0.25) is 5.88 Å². The van der Waals surface area contributed by atoms with E-state index in [4.69, 9.17) is 15.0 Å². The smallest absolute Gasteiger partial charge is 0.222 e. The Morgan fingerprint density at radius 3 is 3.00 bits per heavy atom. The zero-order valence-electron chi connectivity index (χ0n) is 8.93. The summed E-state index contributed by atoms with van der Waals surface area (Å²) < 4.78 is 10.5. The van der Waals surface area contributed by atoms with Crippen molar-refractivity contribution in [2.75, 3.05) is 5.73 Å². The van der Waals surface area contributed by atoms with Crippen LogP contribution in [0, 0.1) is 0 Å². The van der Waals surface area contributed by atoms with Gasteiger partial charge in [-0.3, -0.25) is 0 Å². The molecule has 0 saturated carbocycles. The summed E-state index contributed by atoms with van der Waals surface area (Å²) in [5.74, 6) is 1.30. The van der Waals surface area contributed by atoms with Gasteiger partial charge in [-0.1, -0.05) is 5.16 Å². The van der Waals surface area contributed by atoms with Gasteiger partial charge < -0.3 is 15.0 Å². The van der Waals surface area contributed by atoms with Crippen molar-refractivity contribution in [2.45, 2.75) is 19.4 Å². The minimum absolute atomic E-state index is 0.257. The number of aromatic nitrogens is 1. The first-order valence-electron chi connectivity index (χ1n) is 5.24. The molecule has 4 nitrogen and oxygen atoms in total. The predicted octanol–water partition coefficient (Wildman–Crippen LogP) is 2.25. The van der Waals surface area contributed by atoms with Crippen LogP contribution in [0.5, 0.6) is 5.75 Å². The molecule has 1 aromatic heterocycles. The molecule has 16 heavy (non-hydrogen) atoms. The Morgan fingerprint density at radius 2 is 2.25 bits per heavy atom. The maximum Gasteiger partial charge on any atom is 0.222 e. The molecular weight excluding hydrogens is 204 g/mol. The molecule has 0 fully saturated rings. The highest BCUT2D eigenvalue weighted by Gasteiger charge is 2.19. The van der Waals surface area contributed by atoms with E-state index in [1.54, 1.807) is 6.07 Å². The summed E-state index contributed by atoms with van der Waals surface area (Å²) in [5, 5.41) is 3.89. The number of hydrogen-bond donors (Lipinski definition) is 1. The second-order valence-electron chi connectivity index (χ2n) is 4.07. The topological polar surface area (TPSA) is 61.3 Å². The fourth-order valence-electron chi connectivity index (χ4n) is 2.01. The Balaban J connectivity index is 2.02. The van der Waals surface area contributed by atoms with Crippen LogP contribution < -0.4 is 10.5 Å². The molecule has 2 aromatic rings. The minimum atomic E-state index is 0.257. The van der Waals surface area contributed by atoms with Crippen molar-refractivity contribution in [1.82, 2.24) is 5.16 Å². The van der Waals surface area contributed by atoms with Crippen LogP contribution >= 0.6 is 0 Å². The van der Waals surface area contributed by atoms with Gasteiger partial charge in [0.25, 0.3) is 0 Å². The summed E-state index contributed by atoms with van der Waals surface area (Å²) in [6.07, 6.45) is 1.20. The Labute approximate surface area is 93.0 Å². The van der Waals surface area contributed by atoms with E-state index >= 15 is 0 Å². The van der Waals surface area contributed by atoms with Gasteiger partial charge >= 0.3 is 0 Å². The van der Waals surface area contributed by atoms with Gasteiger partial charge in [0.15, 0.2) is 0 Å². The Morgan fingerprint density at radius 1 is 1.38 bits per heavy atom. The van der Waals surface area contributed by atoms with Crippen LogP contribution in [0.4, 0.5) is 5.88 Å². The number of anilines is 1. The average molecular weight is 216 g/mol. The molecule has 0 radical (unpaired) electrons. The Bertz CT molecular complexity index is 534. The lowest BCUT2D eigenvalue weighted by Gasteiger charge is -2.02. The first kappa shape index (κ1) is 9.27. The molecule has 1 aromatic carbocycles. The molecule has 1 atom stereocenters. The molecule has 2 N–H and O–H groups in total. The first-order valence-corrected chi connectivity index (χ1v) is 5.24. The Hall–Kier alpha value is -1.97. The van der Waals surface area contributed by atoms with Crippen LogP contribution in [0.2, 0.25) is 0 Å². The Kier molecular flexibility index (Phi) is 1.89. The van der Waals surface area contributed by atoms with Gasteiger partial charge in [0.05, 0.1) is 0 Å². The normalized spacial score (nSPS) is 18.2. The maximum atomic E-state index is 5.63. The number of benzene rings is 1. The van der Waals surface area contributed by atoms with Crippen molar-refractivity contribution >= 4 is 5.88 Å². The lowest BCUT2D eigenvalue weighted by Crippen LogP contribution is -2.05. The van der Waals surface area contributed by atoms with Crippen LogP contribution in [-0.2, 0) is 6.42 Å². The van der Waals surface area contributed by atoms with Crippen molar-refractivity contribution in [3.8, 4) is 17.0 Å². The third kappa shape index (κ3) is 1.43. The largest absolute Gasteiger partial charge is 0.490 e. The molecule has 0 amide bonds. The zero-order chi connectivity index (χ0) is 11.1. The molecule has 1 aliphatic rings. The van der Waals surface area contributed by atoms with Gasteiger partial charge in [0, 0.05) is 18.1 Å². The number of nitrogens with zero attached hydrogens (tertiary/aromatic N) is 1. The van der Waals surface area contributed by atoms with E-state index in [-0.39, 0.29) is 6.10 Å². The second-order valence-corrected chi connectivity index (χ2v) is 4.07. The zero-order valence-corrected chi connectivity index (χ0v) is 8.93. The van der Waals surface area contributed by atoms with Crippen molar-refractivity contribution in [3.05, 3.63) is 29.8 Å². The maximum absolute atomic E-state index is 5.63. The lowest BCUT2D eigenvalue weighted by molar-refractivity contribution is 0.254. The van der Waals surface area contributed by atoms with Gasteiger partial charge in [-0.05, 0) is 30.7 Å². The molecule has 0 saturated heterocycles. The van der Waals surface area contributed by atoms with Crippen LogP contribution in [0.3, 0.4) is 0 Å². The van der Waals surface area contributed by atoms with Crippen LogP contribution in [0.15, 0.2) is 28.8 Å². The standard InChI is InChI=1S/C12H12N2O2/c1-7-4-9-5-8(2-3-11(9)15-7)10-6-12(13)16-14-10/h2-3,5-7H,4,13H2,1H3. The summed E-state index contributed by atoms with van der Waals surface area (Å²) >= 11 is 0. The van der Waals surface area contributed by atoms with E-state index in [2.05, 4.69) is 18.1 Å². The first-order chi connectivity index (χ1) is 7.72. The van der Waals surface area contributed by atoms with E-state index < -0.39 is 0 Å². The third-order valence-corrected chi connectivity index (χ3v) is 2.72. The number of nitrogen functional groups attached to an aromatic ring is 1. The molecule has 0 bridgehead atoms. The number of ether oxygens (including phenoxy) is 1. The quantitative estimate of drug-likeness (QED) is 0.794. The summed E-state index contributed by atoms with van der Waals surface area (Å²) in [6.45, 7) is 2.06. The molecule has 1 unspecified atom stereocenters. The van der Waals surface area contributed by atoms with Crippen LogP contribution in [-0.4, -0.2) is 11.3 Å².